The minimum atomic E-state index is -4.72. The normalized spacial score (nSPS) is 17.7. The molecule has 1 fully saturated rings. The third kappa shape index (κ3) is 9.83. The van der Waals surface area contributed by atoms with Crippen molar-refractivity contribution in [3.63, 3.8) is 0 Å². The van der Waals surface area contributed by atoms with E-state index in [0.717, 1.165) is 38.2 Å². The van der Waals surface area contributed by atoms with Crippen LogP contribution in [0.5, 0.6) is 5.75 Å². The number of aromatic nitrogens is 2. The Balaban J connectivity index is 1.81. The molecule has 3 rings (SSSR count). The predicted molar refractivity (Wildman–Crippen MR) is 149 cm³/mol. The van der Waals surface area contributed by atoms with Crippen LogP contribution >= 0.6 is 0 Å². The van der Waals surface area contributed by atoms with E-state index < -0.39 is 47.6 Å². The molecule has 1 aromatic heterocycles. The summed E-state index contributed by atoms with van der Waals surface area (Å²) in [6.07, 6.45) is -2.59. The van der Waals surface area contributed by atoms with Crippen molar-refractivity contribution in [3.05, 3.63) is 29.7 Å². The number of nitrogens with one attached hydrogen (secondary N) is 1. The first-order valence-corrected chi connectivity index (χ1v) is 14.1. The van der Waals surface area contributed by atoms with Crippen molar-refractivity contribution in [3.8, 4) is 17.1 Å². The minimum absolute atomic E-state index is 0.0143. The second kappa shape index (κ2) is 14.5. The Morgan fingerprint density at radius 1 is 1.16 bits per heavy atom. The fourth-order valence-electron chi connectivity index (χ4n) is 4.51. The second-order valence-corrected chi connectivity index (χ2v) is 11.1. The summed E-state index contributed by atoms with van der Waals surface area (Å²) in [6.45, 7) is 7.12. The Hall–Kier alpha value is -3.88. The lowest BCUT2D eigenvalue weighted by molar-refractivity contribution is -0.138. The van der Waals surface area contributed by atoms with Crippen LogP contribution in [0.15, 0.2) is 27.7 Å². The molecule has 3 N–H and O–H groups in total. The van der Waals surface area contributed by atoms with Crippen molar-refractivity contribution < 1.29 is 47.0 Å². The number of aliphatic hydroxyl groups excluding tert-OH is 1. The molecule has 238 valence electrons. The van der Waals surface area contributed by atoms with E-state index >= 15 is 0 Å². The van der Waals surface area contributed by atoms with E-state index in [1.807, 2.05) is 0 Å². The molecule has 12 nitrogen and oxygen atoms in total. The lowest BCUT2D eigenvalue weighted by atomic mass is 10.1. The standard InChI is InChI=1S/C28H38F3N5O7/c1-5-6-7-8-9-10-15-41-20-12-11-17(16-18(20)28(29,30)31)22-32-23(43-35-22)21-19(37)13-14-36(21)24(33-25(38)39)34-26(40)42-27(2,3)4/h11-12,16,19,21,37H,5-10,13-15H2,1-4H3,(H,38,39)(H,33,34,40)/t19-,21-/m0/s1. The van der Waals surface area contributed by atoms with Crippen LogP contribution in [0.1, 0.15) is 90.1 Å². The number of halogens is 3. The maximum absolute atomic E-state index is 13.9. The van der Waals surface area contributed by atoms with Crippen LogP contribution in [0, 0.1) is 0 Å². The van der Waals surface area contributed by atoms with Crippen molar-refractivity contribution in [2.45, 2.75) is 96.6 Å². The van der Waals surface area contributed by atoms with Crippen LogP contribution < -0.4 is 10.1 Å². The number of carbonyl (C=O) groups is 2. The van der Waals surface area contributed by atoms with Crippen LogP contribution in [0.25, 0.3) is 11.4 Å². The minimum Gasteiger partial charge on any atom is -0.493 e. The van der Waals surface area contributed by atoms with E-state index in [9.17, 15) is 33.0 Å². The number of hydrogen-bond donors (Lipinski definition) is 3. The second-order valence-electron chi connectivity index (χ2n) is 11.1. The number of guanidine groups is 1. The van der Waals surface area contributed by atoms with Crippen molar-refractivity contribution in [2.75, 3.05) is 13.2 Å². The summed E-state index contributed by atoms with van der Waals surface area (Å²) in [5, 5.41) is 26.0. The summed E-state index contributed by atoms with van der Waals surface area (Å²) >= 11 is 0. The fraction of sp³-hybridized carbons (Fsp3) is 0.607. The molecule has 0 saturated carbocycles. The average molecular weight is 614 g/mol. The molecule has 1 aromatic carbocycles. The van der Waals surface area contributed by atoms with Crippen molar-refractivity contribution in [1.29, 1.82) is 0 Å². The van der Waals surface area contributed by atoms with Gasteiger partial charge < -0.3 is 29.1 Å². The molecule has 0 unspecified atom stereocenters. The summed E-state index contributed by atoms with van der Waals surface area (Å²) in [5.74, 6) is -1.18. The Kier molecular flexibility index (Phi) is 11.4. The van der Waals surface area contributed by atoms with Crippen molar-refractivity contribution in [1.82, 2.24) is 20.4 Å². The highest BCUT2D eigenvalue weighted by atomic mass is 19.4. The molecule has 1 aliphatic rings. The molecule has 15 heteroatoms. The highest BCUT2D eigenvalue weighted by Crippen LogP contribution is 2.39. The van der Waals surface area contributed by atoms with Crippen LogP contribution in [0.3, 0.4) is 0 Å². The van der Waals surface area contributed by atoms with Crippen molar-refractivity contribution in [2.24, 2.45) is 4.99 Å². The molecule has 43 heavy (non-hydrogen) atoms. The number of likely N-dealkylation sites (tertiary alicyclic amines) is 1. The van der Waals surface area contributed by atoms with E-state index in [2.05, 4.69) is 27.4 Å². The SMILES string of the molecule is CCCCCCCCOc1ccc(-c2noc([C@@H]3[C@@H](O)CCN3/C(=N/C(=O)O)NC(=O)OC(C)(C)C)n2)cc1C(F)(F)F. The smallest absolute Gasteiger partial charge is 0.434 e. The van der Waals surface area contributed by atoms with Gasteiger partial charge >= 0.3 is 18.4 Å². The van der Waals surface area contributed by atoms with Gasteiger partial charge in [-0.1, -0.05) is 44.2 Å². The van der Waals surface area contributed by atoms with Gasteiger partial charge in [0, 0.05) is 12.1 Å². The molecule has 1 aliphatic heterocycles. The van der Waals surface area contributed by atoms with Gasteiger partial charge in [0.15, 0.2) is 0 Å². The Labute approximate surface area is 247 Å². The lowest BCUT2D eigenvalue weighted by Gasteiger charge is -2.27. The molecule has 2 aromatic rings. The highest BCUT2D eigenvalue weighted by Gasteiger charge is 2.41. The van der Waals surface area contributed by atoms with E-state index in [4.69, 9.17) is 14.0 Å². The first-order chi connectivity index (χ1) is 20.2. The number of alkyl halides is 3. The summed E-state index contributed by atoms with van der Waals surface area (Å²) in [4.78, 5) is 32.6. The zero-order valence-corrected chi connectivity index (χ0v) is 24.6. The number of alkyl carbamates (subject to hydrolysis) is 1. The molecular formula is C28H38F3N5O7. The lowest BCUT2D eigenvalue weighted by Crippen LogP contribution is -2.47. The molecule has 2 amide bonds. The van der Waals surface area contributed by atoms with Crippen molar-refractivity contribution >= 4 is 18.1 Å². The summed E-state index contributed by atoms with van der Waals surface area (Å²) in [5.41, 5.74) is -1.91. The summed E-state index contributed by atoms with van der Waals surface area (Å²) in [6, 6.07) is 2.26. The largest absolute Gasteiger partial charge is 0.493 e. The van der Waals surface area contributed by atoms with Gasteiger partial charge in [-0.25, -0.2) is 9.59 Å². The number of ether oxygens (including phenoxy) is 2. The first-order valence-electron chi connectivity index (χ1n) is 14.1. The van der Waals surface area contributed by atoms with Crippen LogP contribution in [-0.2, 0) is 10.9 Å². The molecular weight excluding hydrogens is 575 g/mol. The van der Waals surface area contributed by atoms with E-state index in [0.29, 0.717) is 6.42 Å². The Morgan fingerprint density at radius 3 is 2.51 bits per heavy atom. The number of rotatable bonds is 10. The molecule has 2 heterocycles. The zero-order valence-electron chi connectivity index (χ0n) is 24.6. The topological polar surface area (TPSA) is 160 Å². The quantitative estimate of drug-likeness (QED) is 0.161. The highest BCUT2D eigenvalue weighted by molar-refractivity contribution is 5.98. The molecule has 1 saturated heterocycles. The van der Waals surface area contributed by atoms with Crippen LogP contribution in [-0.4, -0.2) is 68.3 Å². The van der Waals surface area contributed by atoms with Gasteiger partial charge in [-0.05, 0) is 51.8 Å². The van der Waals surface area contributed by atoms with Gasteiger partial charge in [-0.15, -0.1) is 4.99 Å². The van der Waals surface area contributed by atoms with Gasteiger partial charge in [0.2, 0.25) is 11.8 Å². The third-order valence-corrected chi connectivity index (χ3v) is 6.45. The van der Waals surface area contributed by atoms with E-state index in [1.165, 1.54) is 17.0 Å². The number of unbranched alkanes of at least 4 members (excludes halogenated alkanes) is 5. The number of aliphatic hydroxyl groups is 1. The van der Waals surface area contributed by atoms with Gasteiger partial charge in [-0.3, -0.25) is 5.32 Å². The monoisotopic (exact) mass is 613 g/mol. The summed E-state index contributed by atoms with van der Waals surface area (Å²) < 4.78 is 57.7. The first kappa shape index (κ1) is 33.6. The number of carbonyl (C=O) groups excluding carboxylic acids is 1. The number of amides is 2. The molecule has 0 bridgehead atoms. The third-order valence-electron chi connectivity index (χ3n) is 6.45. The molecule has 0 aliphatic carbocycles. The molecule has 0 radical (unpaired) electrons. The van der Waals surface area contributed by atoms with Crippen LogP contribution in [0.2, 0.25) is 0 Å². The van der Waals surface area contributed by atoms with Gasteiger partial charge in [0.05, 0.1) is 18.3 Å². The Bertz CT molecular complexity index is 1280. The maximum Gasteiger partial charge on any atom is 0.434 e. The van der Waals surface area contributed by atoms with Gasteiger partial charge in [0.25, 0.3) is 5.89 Å². The molecule has 0 spiro atoms. The van der Waals surface area contributed by atoms with E-state index in [-0.39, 0.29) is 42.6 Å². The molecule has 2 atom stereocenters. The maximum atomic E-state index is 13.9. The number of hydrogen-bond acceptors (Lipinski definition) is 8. The average Bonchev–Trinajstić information content (AvgIpc) is 3.52. The van der Waals surface area contributed by atoms with Gasteiger partial charge in [-0.2, -0.15) is 18.2 Å². The fourth-order valence-corrected chi connectivity index (χ4v) is 4.51. The number of carboxylic acid groups (broad SMARTS) is 1. The number of benzene rings is 1. The van der Waals surface area contributed by atoms with E-state index in [1.54, 1.807) is 20.8 Å². The number of aliphatic imine (C=N–C) groups is 1. The number of nitrogens with zero attached hydrogens (tertiary/aromatic N) is 4. The predicted octanol–water partition coefficient (Wildman–Crippen LogP) is 6.16. The van der Waals surface area contributed by atoms with Crippen LogP contribution in [0.4, 0.5) is 22.8 Å². The Morgan fingerprint density at radius 2 is 1.86 bits per heavy atom. The van der Waals surface area contributed by atoms with Gasteiger partial charge in [0.1, 0.15) is 17.4 Å². The zero-order chi connectivity index (χ0) is 31.8. The summed E-state index contributed by atoms with van der Waals surface area (Å²) in [7, 11) is 0.